The number of amides is 1. The Labute approximate surface area is 192 Å². The molecule has 5 nitrogen and oxygen atoms in total. The van der Waals surface area contributed by atoms with E-state index in [1.54, 1.807) is 18.2 Å². The molecule has 3 aromatic carbocycles. The van der Waals surface area contributed by atoms with Crippen LogP contribution in [-0.2, 0) is 15.1 Å². The van der Waals surface area contributed by atoms with Gasteiger partial charge in [0.2, 0.25) is 0 Å². The highest BCUT2D eigenvalue weighted by Gasteiger charge is 2.49. The summed E-state index contributed by atoms with van der Waals surface area (Å²) in [7, 11) is 1.42. The number of carbonyl (C=O) groups is 1. The minimum atomic E-state index is -1.62. The van der Waals surface area contributed by atoms with Gasteiger partial charge >= 0.3 is 0 Å². The number of benzene rings is 3. The molecular formula is C28H23NO4. The van der Waals surface area contributed by atoms with Crippen LogP contribution in [0.2, 0.25) is 0 Å². The van der Waals surface area contributed by atoms with Gasteiger partial charge in [0.1, 0.15) is 11.5 Å². The Morgan fingerprint density at radius 2 is 1.67 bits per heavy atom. The van der Waals surface area contributed by atoms with Gasteiger partial charge in [0.15, 0.2) is 11.7 Å². The lowest BCUT2D eigenvalue weighted by atomic mass is 9.77. The van der Waals surface area contributed by atoms with Crippen molar-refractivity contribution in [1.82, 2.24) is 0 Å². The maximum Gasteiger partial charge on any atom is 0.257 e. The fraction of sp³-hybridized carbons (Fsp3) is 0.107. The van der Waals surface area contributed by atoms with E-state index in [0.717, 1.165) is 16.9 Å². The Morgan fingerprint density at radius 1 is 0.939 bits per heavy atom. The summed E-state index contributed by atoms with van der Waals surface area (Å²) in [6.45, 7) is 0. The molecule has 164 valence electrons. The molecule has 1 amide bonds. The first-order chi connectivity index (χ1) is 16.1. The molecule has 1 aliphatic heterocycles. The van der Waals surface area contributed by atoms with E-state index in [4.69, 9.17) is 9.15 Å². The van der Waals surface area contributed by atoms with E-state index in [2.05, 4.69) is 5.32 Å². The molecule has 33 heavy (non-hydrogen) atoms. The smallest absolute Gasteiger partial charge is 0.257 e. The van der Waals surface area contributed by atoms with Crippen LogP contribution >= 0.6 is 0 Å². The third kappa shape index (κ3) is 3.78. The van der Waals surface area contributed by atoms with Gasteiger partial charge in [-0.2, -0.15) is 0 Å². The third-order valence-electron chi connectivity index (χ3n) is 5.90. The molecule has 2 N–H and O–H groups in total. The van der Waals surface area contributed by atoms with Crippen LogP contribution in [0.25, 0.3) is 23.5 Å². The maximum atomic E-state index is 12.7. The number of hydrogen-bond acceptors (Lipinski definition) is 4. The second kappa shape index (κ2) is 8.54. The molecule has 0 bridgehead atoms. The number of nitrogens with one attached hydrogen (secondary N) is 1. The van der Waals surface area contributed by atoms with Crippen molar-refractivity contribution in [2.45, 2.75) is 11.7 Å². The number of methoxy groups -OCH3 is 1. The number of fused-ring (bicyclic) bond motifs is 1. The number of furan rings is 1. The zero-order valence-corrected chi connectivity index (χ0v) is 18.1. The highest BCUT2D eigenvalue weighted by molar-refractivity contribution is 6.00. The maximum absolute atomic E-state index is 12.7. The number of hydrogen-bond donors (Lipinski definition) is 2. The zero-order chi connectivity index (χ0) is 22.8. The summed E-state index contributed by atoms with van der Waals surface area (Å²) in [5.74, 6) is 1.13. The monoisotopic (exact) mass is 437 g/mol. The molecule has 0 saturated carbocycles. The highest BCUT2D eigenvalue weighted by Crippen LogP contribution is 2.42. The van der Waals surface area contributed by atoms with E-state index in [1.807, 2.05) is 84.9 Å². The molecule has 5 heteroatoms. The SMILES string of the molecule is COC1C(=O)Nc2ccc(C=Cc3ccc(-c4ccccc4)o3)cc2C1(O)c1ccccc1. The molecule has 0 aliphatic carbocycles. The number of aliphatic hydroxyl groups is 1. The standard InChI is InChI=1S/C28H23NO4/c1-32-26-27(30)29-24-16-13-19(18-23(24)28(26,31)21-10-6-3-7-11-21)12-14-22-15-17-25(33-22)20-8-4-2-5-9-20/h2-18,26,31H,1H3,(H,29,30). The quantitative estimate of drug-likeness (QED) is 0.443. The Balaban J connectivity index is 1.51. The third-order valence-corrected chi connectivity index (χ3v) is 5.90. The predicted octanol–water partition coefficient (Wildman–Crippen LogP) is 5.32. The molecule has 0 fully saturated rings. The fourth-order valence-corrected chi connectivity index (χ4v) is 4.27. The molecule has 1 aliphatic rings. The molecule has 2 heterocycles. The van der Waals surface area contributed by atoms with E-state index < -0.39 is 11.7 Å². The van der Waals surface area contributed by atoms with Crippen LogP contribution in [0.3, 0.4) is 0 Å². The van der Waals surface area contributed by atoms with E-state index in [0.29, 0.717) is 22.6 Å². The second-order valence-electron chi connectivity index (χ2n) is 7.94. The van der Waals surface area contributed by atoms with Crippen molar-refractivity contribution >= 4 is 23.7 Å². The van der Waals surface area contributed by atoms with Crippen molar-refractivity contribution in [3.63, 3.8) is 0 Å². The normalized spacial score (nSPS) is 19.9. The van der Waals surface area contributed by atoms with Crippen LogP contribution in [0.15, 0.2) is 95.4 Å². The summed E-state index contributed by atoms with van der Waals surface area (Å²) in [5, 5.41) is 14.7. The molecule has 2 atom stereocenters. The molecular weight excluding hydrogens is 414 g/mol. The first kappa shape index (κ1) is 20.9. The Kier molecular flexibility index (Phi) is 5.42. The lowest BCUT2D eigenvalue weighted by molar-refractivity contribution is -0.142. The lowest BCUT2D eigenvalue weighted by Gasteiger charge is -2.40. The van der Waals surface area contributed by atoms with Crippen LogP contribution in [0.4, 0.5) is 5.69 Å². The van der Waals surface area contributed by atoms with Crippen LogP contribution in [-0.4, -0.2) is 24.2 Å². The van der Waals surface area contributed by atoms with Gasteiger partial charge in [0.05, 0.1) is 0 Å². The van der Waals surface area contributed by atoms with E-state index in [9.17, 15) is 9.90 Å². The molecule has 5 rings (SSSR count). The topological polar surface area (TPSA) is 71.7 Å². The lowest BCUT2D eigenvalue weighted by Crippen LogP contribution is -2.52. The number of anilines is 1. The number of ether oxygens (including phenoxy) is 1. The average Bonchev–Trinajstić information content (AvgIpc) is 3.33. The van der Waals surface area contributed by atoms with E-state index in [-0.39, 0.29) is 5.91 Å². The number of rotatable bonds is 5. The number of carbonyl (C=O) groups excluding carboxylic acids is 1. The van der Waals surface area contributed by atoms with Crippen molar-refractivity contribution in [3.05, 3.63) is 113 Å². The van der Waals surface area contributed by atoms with Crippen LogP contribution < -0.4 is 5.32 Å². The van der Waals surface area contributed by atoms with Gasteiger partial charge in [-0.05, 0) is 41.5 Å². The van der Waals surface area contributed by atoms with Crippen molar-refractivity contribution in [2.75, 3.05) is 12.4 Å². The summed E-state index contributed by atoms with van der Waals surface area (Å²) in [4.78, 5) is 12.7. The van der Waals surface area contributed by atoms with Gasteiger partial charge in [-0.1, -0.05) is 72.8 Å². The summed E-state index contributed by atoms with van der Waals surface area (Å²) in [6.07, 6.45) is 2.72. The fourth-order valence-electron chi connectivity index (χ4n) is 4.27. The minimum absolute atomic E-state index is 0.385. The largest absolute Gasteiger partial charge is 0.457 e. The van der Waals surface area contributed by atoms with Crippen molar-refractivity contribution in [3.8, 4) is 11.3 Å². The Bertz CT molecular complexity index is 1310. The van der Waals surface area contributed by atoms with Crippen molar-refractivity contribution < 1.29 is 19.1 Å². The van der Waals surface area contributed by atoms with Gasteiger partial charge in [0.25, 0.3) is 5.91 Å². The van der Waals surface area contributed by atoms with Gasteiger partial charge in [-0.25, -0.2) is 0 Å². The van der Waals surface area contributed by atoms with E-state index in [1.165, 1.54) is 7.11 Å². The van der Waals surface area contributed by atoms with E-state index >= 15 is 0 Å². The molecule has 0 spiro atoms. The molecule has 0 radical (unpaired) electrons. The molecule has 4 aromatic rings. The molecule has 1 aromatic heterocycles. The first-order valence-electron chi connectivity index (χ1n) is 10.7. The summed E-state index contributed by atoms with van der Waals surface area (Å²) < 4.78 is 11.4. The first-order valence-corrected chi connectivity index (χ1v) is 10.7. The predicted molar refractivity (Wildman–Crippen MR) is 128 cm³/mol. The van der Waals surface area contributed by atoms with Crippen LogP contribution in [0, 0.1) is 0 Å². The Morgan fingerprint density at radius 3 is 2.39 bits per heavy atom. The summed E-state index contributed by atoms with van der Waals surface area (Å²) in [5.41, 5.74) is 1.97. The highest BCUT2D eigenvalue weighted by atomic mass is 16.5. The van der Waals surface area contributed by atoms with Gasteiger partial charge < -0.3 is 19.6 Å². The van der Waals surface area contributed by atoms with Gasteiger partial charge in [-0.3, -0.25) is 4.79 Å². The van der Waals surface area contributed by atoms with Crippen molar-refractivity contribution in [1.29, 1.82) is 0 Å². The zero-order valence-electron chi connectivity index (χ0n) is 18.1. The van der Waals surface area contributed by atoms with Crippen molar-refractivity contribution in [2.24, 2.45) is 0 Å². The summed E-state index contributed by atoms with van der Waals surface area (Å²) in [6, 6.07) is 28.4. The average molecular weight is 437 g/mol. The van der Waals surface area contributed by atoms with Gasteiger partial charge in [0, 0.05) is 23.9 Å². The van der Waals surface area contributed by atoms with Crippen LogP contribution in [0.1, 0.15) is 22.5 Å². The van der Waals surface area contributed by atoms with Crippen LogP contribution in [0.5, 0.6) is 0 Å². The summed E-state index contributed by atoms with van der Waals surface area (Å²) >= 11 is 0. The minimum Gasteiger partial charge on any atom is -0.457 e. The molecule has 0 saturated heterocycles. The second-order valence-corrected chi connectivity index (χ2v) is 7.94. The van der Waals surface area contributed by atoms with Gasteiger partial charge in [-0.15, -0.1) is 0 Å². The Hall–Kier alpha value is -3.93. The molecule has 2 unspecified atom stereocenters.